The molecular weight excluding hydrogens is 294 g/mol. The molecule has 1 fully saturated rings. The molecule has 120 valence electrons. The summed E-state index contributed by atoms with van der Waals surface area (Å²) >= 11 is 0. The lowest BCUT2D eigenvalue weighted by Gasteiger charge is -2.36. The predicted molar refractivity (Wildman–Crippen MR) is 85.7 cm³/mol. The molecule has 4 N–H and O–H groups in total. The number of carbonyl (C=O) groups is 2. The van der Waals surface area contributed by atoms with Crippen molar-refractivity contribution in [3.05, 3.63) is 54.0 Å². The number of amides is 2. The first-order valence-corrected chi connectivity index (χ1v) is 7.58. The number of anilines is 1. The average Bonchev–Trinajstić information content (AvgIpc) is 3.06. The number of hydrogen-bond donors (Lipinski definition) is 3. The van der Waals surface area contributed by atoms with Crippen LogP contribution in [0.2, 0.25) is 0 Å². The lowest BCUT2D eigenvalue weighted by Crippen LogP contribution is -2.58. The molecular formula is C17H19N3O3. The van der Waals surface area contributed by atoms with Crippen LogP contribution in [0.4, 0.5) is 5.69 Å². The Morgan fingerprint density at radius 1 is 1.17 bits per heavy atom. The van der Waals surface area contributed by atoms with Crippen molar-refractivity contribution in [2.75, 3.05) is 5.32 Å². The van der Waals surface area contributed by atoms with Crippen molar-refractivity contribution in [2.45, 2.75) is 31.3 Å². The van der Waals surface area contributed by atoms with Gasteiger partial charge in [0.15, 0.2) is 5.76 Å². The highest BCUT2D eigenvalue weighted by Crippen LogP contribution is 2.29. The van der Waals surface area contributed by atoms with Crippen molar-refractivity contribution < 1.29 is 14.0 Å². The summed E-state index contributed by atoms with van der Waals surface area (Å²) in [5, 5.41) is 5.60. The molecule has 23 heavy (non-hydrogen) atoms. The van der Waals surface area contributed by atoms with Crippen molar-refractivity contribution in [1.29, 1.82) is 0 Å². The SMILES string of the molecule is NC1(C(=O)NCc2ccc(NC(=O)c3ccco3)cc2)CCC1. The first-order chi connectivity index (χ1) is 11.1. The number of furan rings is 1. The maximum atomic E-state index is 12.0. The third kappa shape index (κ3) is 3.43. The maximum Gasteiger partial charge on any atom is 0.291 e. The molecule has 0 saturated heterocycles. The van der Waals surface area contributed by atoms with Gasteiger partial charge in [-0.3, -0.25) is 9.59 Å². The van der Waals surface area contributed by atoms with Crippen molar-refractivity contribution >= 4 is 17.5 Å². The number of carbonyl (C=O) groups excluding carboxylic acids is 2. The Kier molecular flexibility index (Phi) is 4.16. The van der Waals surface area contributed by atoms with Crippen molar-refractivity contribution in [3.8, 4) is 0 Å². The van der Waals surface area contributed by atoms with Gasteiger partial charge in [0.25, 0.3) is 5.91 Å². The van der Waals surface area contributed by atoms with Crippen LogP contribution in [0.15, 0.2) is 47.1 Å². The van der Waals surface area contributed by atoms with Gasteiger partial charge in [-0.05, 0) is 49.1 Å². The molecule has 0 bridgehead atoms. The molecule has 0 atom stereocenters. The van der Waals surface area contributed by atoms with E-state index in [1.54, 1.807) is 24.3 Å². The highest BCUT2D eigenvalue weighted by Gasteiger charge is 2.39. The molecule has 6 nitrogen and oxygen atoms in total. The fourth-order valence-corrected chi connectivity index (χ4v) is 2.45. The second-order valence-corrected chi connectivity index (χ2v) is 5.82. The molecule has 6 heteroatoms. The summed E-state index contributed by atoms with van der Waals surface area (Å²) in [6.45, 7) is 0.421. The second-order valence-electron chi connectivity index (χ2n) is 5.82. The van der Waals surface area contributed by atoms with Gasteiger partial charge in [-0.2, -0.15) is 0 Å². The molecule has 0 radical (unpaired) electrons. The Morgan fingerprint density at radius 2 is 1.91 bits per heavy atom. The fraction of sp³-hybridized carbons (Fsp3) is 0.294. The molecule has 1 heterocycles. The van der Waals surface area contributed by atoms with Crippen LogP contribution in [-0.2, 0) is 11.3 Å². The zero-order chi connectivity index (χ0) is 16.3. The molecule has 3 rings (SSSR count). The highest BCUT2D eigenvalue weighted by atomic mass is 16.3. The van der Waals surface area contributed by atoms with E-state index in [0.29, 0.717) is 12.2 Å². The van der Waals surface area contributed by atoms with E-state index in [1.807, 2.05) is 12.1 Å². The van der Waals surface area contributed by atoms with Gasteiger partial charge in [0.2, 0.25) is 5.91 Å². The summed E-state index contributed by atoms with van der Waals surface area (Å²) in [4.78, 5) is 23.8. The Labute approximate surface area is 134 Å². The highest BCUT2D eigenvalue weighted by molar-refractivity contribution is 6.02. The number of nitrogens with two attached hydrogens (primary N) is 1. The van der Waals surface area contributed by atoms with Gasteiger partial charge in [-0.25, -0.2) is 0 Å². The van der Waals surface area contributed by atoms with Gasteiger partial charge < -0.3 is 20.8 Å². The van der Waals surface area contributed by atoms with Crippen LogP contribution in [0, 0.1) is 0 Å². The lowest BCUT2D eigenvalue weighted by atomic mass is 9.77. The molecule has 0 aliphatic heterocycles. The maximum absolute atomic E-state index is 12.0. The van der Waals surface area contributed by atoms with E-state index in [0.717, 1.165) is 24.8 Å². The van der Waals surface area contributed by atoms with Gasteiger partial charge in [-0.15, -0.1) is 0 Å². The molecule has 1 aromatic heterocycles. The average molecular weight is 313 g/mol. The van der Waals surface area contributed by atoms with Gasteiger partial charge in [0, 0.05) is 12.2 Å². The van der Waals surface area contributed by atoms with Crippen LogP contribution in [-0.4, -0.2) is 17.4 Å². The molecule has 0 unspecified atom stereocenters. The summed E-state index contributed by atoms with van der Waals surface area (Å²) in [6, 6.07) is 10.5. The van der Waals surface area contributed by atoms with Gasteiger partial charge in [-0.1, -0.05) is 12.1 Å². The number of hydrogen-bond acceptors (Lipinski definition) is 4. The van der Waals surface area contributed by atoms with E-state index >= 15 is 0 Å². The van der Waals surface area contributed by atoms with E-state index in [1.165, 1.54) is 6.26 Å². The van der Waals surface area contributed by atoms with E-state index in [-0.39, 0.29) is 17.6 Å². The fourth-order valence-electron chi connectivity index (χ4n) is 2.45. The largest absolute Gasteiger partial charge is 0.459 e. The van der Waals surface area contributed by atoms with Crippen molar-refractivity contribution in [2.24, 2.45) is 5.73 Å². The molecule has 2 aromatic rings. The zero-order valence-corrected chi connectivity index (χ0v) is 12.7. The molecule has 1 aliphatic carbocycles. The third-order valence-corrected chi connectivity index (χ3v) is 4.11. The minimum atomic E-state index is -0.684. The zero-order valence-electron chi connectivity index (χ0n) is 12.7. The quantitative estimate of drug-likeness (QED) is 0.786. The third-order valence-electron chi connectivity index (χ3n) is 4.11. The molecule has 1 aromatic carbocycles. The smallest absolute Gasteiger partial charge is 0.291 e. The first-order valence-electron chi connectivity index (χ1n) is 7.58. The van der Waals surface area contributed by atoms with Crippen molar-refractivity contribution in [3.63, 3.8) is 0 Å². The Bertz CT molecular complexity index is 688. The minimum absolute atomic E-state index is 0.0982. The van der Waals surface area contributed by atoms with Crippen LogP contribution in [0.5, 0.6) is 0 Å². The summed E-state index contributed by atoms with van der Waals surface area (Å²) in [5.74, 6) is -0.139. The topological polar surface area (TPSA) is 97.4 Å². The first kappa shape index (κ1) is 15.3. The van der Waals surface area contributed by atoms with Crippen LogP contribution in [0.1, 0.15) is 35.4 Å². The summed E-state index contributed by atoms with van der Waals surface area (Å²) < 4.78 is 5.03. The van der Waals surface area contributed by atoms with Crippen molar-refractivity contribution in [1.82, 2.24) is 5.32 Å². The van der Waals surface area contributed by atoms with Gasteiger partial charge in [0.1, 0.15) is 0 Å². The van der Waals surface area contributed by atoms with Crippen LogP contribution >= 0.6 is 0 Å². The number of rotatable bonds is 5. The normalized spacial score (nSPS) is 15.5. The minimum Gasteiger partial charge on any atom is -0.459 e. The van der Waals surface area contributed by atoms with E-state index in [2.05, 4.69) is 10.6 Å². The summed E-state index contributed by atoms with van der Waals surface area (Å²) in [6.07, 6.45) is 3.95. The monoisotopic (exact) mass is 313 g/mol. The lowest BCUT2D eigenvalue weighted by molar-refractivity contribution is -0.129. The number of benzene rings is 1. The summed E-state index contributed by atoms with van der Waals surface area (Å²) in [7, 11) is 0. The Morgan fingerprint density at radius 3 is 2.48 bits per heavy atom. The van der Waals surface area contributed by atoms with E-state index in [4.69, 9.17) is 10.2 Å². The molecule has 0 spiro atoms. The Balaban J connectivity index is 1.53. The molecule has 2 amide bonds. The van der Waals surface area contributed by atoms with Gasteiger partial charge in [0.05, 0.1) is 11.8 Å². The number of nitrogens with one attached hydrogen (secondary N) is 2. The predicted octanol–water partition coefficient (Wildman–Crippen LogP) is 2.03. The standard InChI is InChI=1S/C17H19N3O3/c18-17(8-2-9-17)16(22)19-11-12-4-6-13(7-5-12)20-15(21)14-3-1-10-23-14/h1,3-7,10H,2,8-9,11,18H2,(H,19,22)(H,20,21). The molecule has 1 aliphatic rings. The summed E-state index contributed by atoms with van der Waals surface area (Å²) in [5.41, 5.74) is 6.89. The van der Waals surface area contributed by atoms with Crippen LogP contribution < -0.4 is 16.4 Å². The van der Waals surface area contributed by atoms with Gasteiger partial charge >= 0.3 is 0 Å². The van der Waals surface area contributed by atoms with E-state index in [9.17, 15) is 9.59 Å². The van der Waals surface area contributed by atoms with Crippen LogP contribution in [0.3, 0.4) is 0 Å². The molecule has 1 saturated carbocycles. The van der Waals surface area contributed by atoms with Crippen LogP contribution in [0.25, 0.3) is 0 Å². The second kappa shape index (κ2) is 6.26. The Hall–Kier alpha value is -2.60. The van der Waals surface area contributed by atoms with E-state index < -0.39 is 5.54 Å².